The van der Waals surface area contributed by atoms with Crippen LogP contribution in [-0.4, -0.2) is 26.0 Å². The van der Waals surface area contributed by atoms with Crippen LogP contribution in [0.1, 0.15) is 18.4 Å². The average molecular weight is 348 g/mol. The van der Waals surface area contributed by atoms with Crippen LogP contribution in [0.2, 0.25) is 0 Å². The molecule has 0 spiro atoms. The van der Waals surface area contributed by atoms with E-state index in [9.17, 15) is 13.2 Å². The Morgan fingerprint density at radius 2 is 2.11 bits per heavy atom. The minimum absolute atomic E-state index is 0.0640. The number of carboxylic acid groups (broad SMARTS) is 1. The average Bonchev–Trinajstić information content (AvgIpc) is 3.07. The van der Waals surface area contributed by atoms with Crippen molar-refractivity contribution in [1.82, 2.24) is 4.72 Å². The summed E-state index contributed by atoms with van der Waals surface area (Å²) >= 11 is 3.21. The Morgan fingerprint density at radius 1 is 1.47 bits per heavy atom. The van der Waals surface area contributed by atoms with Gasteiger partial charge in [-0.3, -0.25) is 4.79 Å². The molecule has 0 aliphatic heterocycles. The van der Waals surface area contributed by atoms with E-state index < -0.39 is 21.4 Å². The van der Waals surface area contributed by atoms with Crippen LogP contribution in [0, 0.1) is 12.3 Å². The van der Waals surface area contributed by atoms with Crippen molar-refractivity contribution < 1.29 is 18.3 Å². The third kappa shape index (κ3) is 2.82. The molecule has 0 heterocycles. The zero-order chi connectivity index (χ0) is 14.3. The standard InChI is InChI=1S/C12H14BrNO4S/c1-8-3-2-4-9(13)10(8)19(17,18)14-7-12(5-6-12)11(15)16/h2-4,14H,5-7H2,1H3,(H,15,16). The molecule has 2 N–H and O–H groups in total. The summed E-state index contributed by atoms with van der Waals surface area (Å²) in [5.74, 6) is -0.945. The molecular formula is C12H14BrNO4S. The largest absolute Gasteiger partial charge is 0.481 e. The van der Waals surface area contributed by atoms with Crippen LogP contribution in [0.5, 0.6) is 0 Å². The van der Waals surface area contributed by atoms with Gasteiger partial charge in [-0.15, -0.1) is 0 Å². The van der Waals surface area contributed by atoms with Gasteiger partial charge in [-0.1, -0.05) is 12.1 Å². The summed E-state index contributed by atoms with van der Waals surface area (Å²) in [6.07, 6.45) is 1.03. The van der Waals surface area contributed by atoms with Crippen molar-refractivity contribution in [3.8, 4) is 0 Å². The van der Waals surface area contributed by atoms with E-state index >= 15 is 0 Å². The van der Waals surface area contributed by atoms with Crippen molar-refractivity contribution >= 4 is 31.9 Å². The highest BCUT2D eigenvalue weighted by Gasteiger charge is 2.50. The molecule has 1 aromatic carbocycles. The van der Waals surface area contributed by atoms with Crippen molar-refractivity contribution in [3.05, 3.63) is 28.2 Å². The second-order valence-electron chi connectivity index (χ2n) is 4.80. The zero-order valence-electron chi connectivity index (χ0n) is 10.3. The predicted molar refractivity (Wildman–Crippen MR) is 73.4 cm³/mol. The van der Waals surface area contributed by atoms with Crippen LogP contribution in [-0.2, 0) is 14.8 Å². The Hall–Kier alpha value is -0.920. The molecule has 1 aliphatic carbocycles. The van der Waals surface area contributed by atoms with E-state index in [2.05, 4.69) is 20.7 Å². The van der Waals surface area contributed by atoms with Crippen LogP contribution in [0.15, 0.2) is 27.6 Å². The van der Waals surface area contributed by atoms with Gasteiger partial charge in [-0.05, 0) is 47.3 Å². The Morgan fingerprint density at radius 3 is 2.58 bits per heavy atom. The second kappa shape index (κ2) is 4.88. The van der Waals surface area contributed by atoms with Crippen molar-refractivity contribution in [1.29, 1.82) is 0 Å². The molecule has 1 saturated carbocycles. The number of carbonyl (C=O) groups is 1. The quantitative estimate of drug-likeness (QED) is 0.851. The summed E-state index contributed by atoms with van der Waals surface area (Å²) in [5, 5.41) is 9.04. The normalized spacial score (nSPS) is 17.2. The number of carboxylic acids is 1. The Balaban J connectivity index is 2.22. The number of halogens is 1. The highest BCUT2D eigenvalue weighted by molar-refractivity contribution is 9.10. The van der Waals surface area contributed by atoms with E-state index in [-0.39, 0.29) is 11.4 Å². The minimum Gasteiger partial charge on any atom is -0.481 e. The maximum atomic E-state index is 12.2. The smallest absolute Gasteiger partial charge is 0.310 e. The molecule has 7 heteroatoms. The van der Waals surface area contributed by atoms with Gasteiger partial charge in [0.25, 0.3) is 0 Å². The monoisotopic (exact) mass is 347 g/mol. The third-order valence-corrected chi connectivity index (χ3v) is 5.87. The molecule has 0 bridgehead atoms. The highest BCUT2D eigenvalue weighted by Crippen LogP contribution is 2.45. The number of nitrogens with one attached hydrogen (secondary N) is 1. The van der Waals surface area contributed by atoms with Crippen molar-refractivity contribution in [2.24, 2.45) is 5.41 Å². The van der Waals surface area contributed by atoms with Gasteiger partial charge in [0.2, 0.25) is 10.0 Å². The lowest BCUT2D eigenvalue weighted by atomic mass is 10.1. The SMILES string of the molecule is Cc1cccc(Br)c1S(=O)(=O)NCC1(C(=O)O)CC1. The molecule has 0 aromatic heterocycles. The summed E-state index contributed by atoms with van der Waals surface area (Å²) in [7, 11) is -3.71. The molecule has 1 aliphatic rings. The van der Waals surface area contributed by atoms with Gasteiger partial charge >= 0.3 is 5.97 Å². The summed E-state index contributed by atoms with van der Waals surface area (Å²) < 4.78 is 27.3. The van der Waals surface area contributed by atoms with Crippen molar-refractivity contribution in [2.45, 2.75) is 24.7 Å². The van der Waals surface area contributed by atoms with Gasteiger partial charge in [0.1, 0.15) is 0 Å². The van der Waals surface area contributed by atoms with Crippen LogP contribution < -0.4 is 4.72 Å². The van der Waals surface area contributed by atoms with E-state index in [1.807, 2.05) is 0 Å². The third-order valence-electron chi connectivity index (χ3n) is 3.34. The molecule has 0 unspecified atom stereocenters. The van der Waals surface area contributed by atoms with Gasteiger partial charge in [-0.25, -0.2) is 13.1 Å². The first kappa shape index (κ1) is 14.5. The van der Waals surface area contributed by atoms with Gasteiger partial charge in [0.15, 0.2) is 0 Å². The molecule has 1 fully saturated rings. The summed E-state index contributed by atoms with van der Waals surface area (Å²) in [6.45, 7) is 1.63. The first-order chi connectivity index (χ1) is 8.78. The van der Waals surface area contributed by atoms with Crippen molar-refractivity contribution in [2.75, 3.05) is 6.54 Å². The summed E-state index contributed by atoms with van der Waals surface area (Å²) in [5.41, 5.74) is -0.301. The maximum absolute atomic E-state index is 12.2. The van der Waals surface area contributed by atoms with E-state index in [0.29, 0.717) is 22.9 Å². The van der Waals surface area contributed by atoms with E-state index in [0.717, 1.165) is 0 Å². The van der Waals surface area contributed by atoms with Crippen molar-refractivity contribution in [3.63, 3.8) is 0 Å². The van der Waals surface area contributed by atoms with E-state index in [1.54, 1.807) is 25.1 Å². The van der Waals surface area contributed by atoms with Gasteiger partial charge in [-0.2, -0.15) is 0 Å². The fourth-order valence-electron chi connectivity index (χ4n) is 1.88. The van der Waals surface area contributed by atoms with Crippen LogP contribution >= 0.6 is 15.9 Å². The number of aliphatic carboxylic acids is 1. The summed E-state index contributed by atoms with van der Waals surface area (Å²) in [6, 6.07) is 5.09. The molecule has 1 aromatic rings. The lowest BCUT2D eigenvalue weighted by Crippen LogP contribution is -2.34. The Bertz CT molecular complexity index is 602. The molecule has 104 valence electrons. The highest BCUT2D eigenvalue weighted by atomic mass is 79.9. The molecule has 5 nitrogen and oxygen atoms in total. The van der Waals surface area contributed by atoms with Gasteiger partial charge in [0, 0.05) is 11.0 Å². The fraction of sp³-hybridized carbons (Fsp3) is 0.417. The maximum Gasteiger partial charge on any atom is 0.310 e. The van der Waals surface area contributed by atoms with Gasteiger partial charge in [0.05, 0.1) is 10.3 Å². The molecule has 0 amide bonds. The predicted octanol–water partition coefficient (Wildman–Crippen LogP) is 1.90. The number of hydrogen-bond acceptors (Lipinski definition) is 3. The first-order valence-electron chi connectivity index (χ1n) is 5.77. The lowest BCUT2D eigenvalue weighted by Gasteiger charge is -2.14. The second-order valence-corrected chi connectivity index (χ2v) is 7.35. The number of sulfonamides is 1. The Kier molecular flexibility index (Phi) is 3.72. The zero-order valence-corrected chi connectivity index (χ0v) is 12.7. The number of benzene rings is 1. The van der Waals surface area contributed by atoms with Crippen LogP contribution in [0.25, 0.3) is 0 Å². The molecule has 0 atom stereocenters. The Labute approximate surface area is 120 Å². The molecule has 0 radical (unpaired) electrons. The molecule has 0 saturated heterocycles. The number of hydrogen-bond donors (Lipinski definition) is 2. The fourth-order valence-corrected chi connectivity index (χ4v) is 4.41. The van der Waals surface area contributed by atoms with E-state index in [1.165, 1.54) is 0 Å². The van der Waals surface area contributed by atoms with Gasteiger partial charge < -0.3 is 5.11 Å². The summed E-state index contributed by atoms with van der Waals surface area (Å²) in [4.78, 5) is 11.2. The molecule has 2 rings (SSSR count). The molecular weight excluding hydrogens is 334 g/mol. The minimum atomic E-state index is -3.71. The first-order valence-corrected chi connectivity index (χ1v) is 8.04. The number of rotatable bonds is 5. The number of aryl methyl sites for hydroxylation is 1. The van der Waals surface area contributed by atoms with Crippen LogP contribution in [0.4, 0.5) is 0 Å². The lowest BCUT2D eigenvalue weighted by molar-refractivity contribution is -0.143. The molecule has 19 heavy (non-hydrogen) atoms. The topological polar surface area (TPSA) is 83.5 Å². The van der Waals surface area contributed by atoms with E-state index in [4.69, 9.17) is 5.11 Å². The van der Waals surface area contributed by atoms with Crippen LogP contribution in [0.3, 0.4) is 0 Å².